The number of sulfonamides is 1. The molecular formula is C19H28ClN5O3S. The summed E-state index contributed by atoms with van der Waals surface area (Å²) in [7, 11) is -1.97. The normalized spacial score (nSPS) is 12.4. The Morgan fingerprint density at radius 3 is 2.62 bits per heavy atom. The van der Waals surface area contributed by atoms with E-state index in [2.05, 4.69) is 39.4 Å². The predicted molar refractivity (Wildman–Crippen MR) is 115 cm³/mol. The van der Waals surface area contributed by atoms with Crippen LogP contribution in [-0.4, -0.2) is 39.7 Å². The Balaban J connectivity index is 1.78. The number of benzene rings is 1. The third kappa shape index (κ3) is 7.02. The maximum absolute atomic E-state index is 12.3. The molecule has 0 aliphatic heterocycles. The van der Waals surface area contributed by atoms with Crippen LogP contribution in [0.25, 0.3) is 0 Å². The maximum Gasteiger partial charge on any atom is 0.240 e. The molecule has 0 unspecified atom stereocenters. The Hall–Kier alpha value is -2.10. The van der Waals surface area contributed by atoms with E-state index in [1.54, 1.807) is 19.2 Å². The number of nitrogens with one attached hydrogen (secondary N) is 3. The van der Waals surface area contributed by atoms with Gasteiger partial charge >= 0.3 is 0 Å². The van der Waals surface area contributed by atoms with Crippen molar-refractivity contribution < 1.29 is 12.9 Å². The lowest BCUT2D eigenvalue weighted by Crippen LogP contribution is -2.41. The van der Waals surface area contributed by atoms with Crippen molar-refractivity contribution in [3.8, 4) is 0 Å². The molecule has 0 aliphatic carbocycles. The molecule has 160 valence electrons. The number of rotatable bonds is 10. The van der Waals surface area contributed by atoms with E-state index in [9.17, 15) is 8.42 Å². The molecule has 10 heteroatoms. The molecule has 1 heterocycles. The fourth-order valence-electron chi connectivity index (χ4n) is 2.79. The van der Waals surface area contributed by atoms with Crippen LogP contribution in [-0.2, 0) is 16.6 Å². The first-order valence-electron chi connectivity index (χ1n) is 9.54. The summed E-state index contributed by atoms with van der Waals surface area (Å²) in [4.78, 5) is 4.25. The molecule has 0 atom stereocenters. The molecule has 0 aliphatic rings. The van der Waals surface area contributed by atoms with Gasteiger partial charge in [-0.15, -0.1) is 0 Å². The average Bonchev–Trinajstić information content (AvgIpc) is 3.17. The van der Waals surface area contributed by atoms with Gasteiger partial charge in [-0.2, -0.15) is 0 Å². The maximum atomic E-state index is 12.3. The van der Waals surface area contributed by atoms with E-state index < -0.39 is 10.0 Å². The zero-order chi connectivity index (χ0) is 21.3. The van der Waals surface area contributed by atoms with Crippen molar-refractivity contribution in [3.05, 3.63) is 46.8 Å². The molecule has 29 heavy (non-hydrogen) atoms. The summed E-state index contributed by atoms with van der Waals surface area (Å²) in [5.74, 6) is 1.65. The molecule has 1 aromatic heterocycles. The van der Waals surface area contributed by atoms with Gasteiger partial charge in [0.2, 0.25) is 10.0 Å². The van der Waals surface area contributed by atoms with Crippen LogP contribution in [0.3, 0.4) is 0 Å². The van der Waals surface area contributed by atoms with Gasteiger partial charge in [-0.3, -0.25) is 4.99 Å². The fraction of sp³-hybridized carbons (Fsp3) is 0.474. The van der Waals surface area contributed by atoms with E-state index in [1.165, 1.54) is 12.1 Å². The molecule has 0 bridgehead atoms. The van der Waals surface area contributed by atoms with Gasteiger partial charge < -0.3 is 15.2 Å². The Labute approximate surface area is 177 Å². The number of aliphatic imine (C=N–C) groups is 1. The van der Waals surface area contributed by atoms with Gasteiger partial charge in [0.05, 0.1) is 17.1 Å². The fourth-order valence-corrected chi connectivity index (χ4v) is 4.12. The highest BCUT2D eigenvalue weighted by atomic mass is 35.5. The Bertz CT molecular complexity index is 910. The first kappa shape index (κ1) is 23.2. The number of aromatic nitrogens is 1. The molecule has 0 fully saturated rings. The van der Waals surface area contributed by atoms with Crippen LogP contribution < -0.4 is 15.4 Å². The monoisotopic (exact) mass is 441 g/mol. The van der Waals surface area contributed by atoms with Crippen molar-refractivity contribution in [1.29, 1.82) is 0 Å². The summed E-state index contributed by atoms with van der Waals surface area (Å²) >= 11 is 5.85. The third-order valence-corrected chi connectivity index (χ3v) is 6.14. The molecule has 0 amide bonds. The first-order valence-corrected chi connectivity index (χ1v) is 11.4. The molecule has 1 aromatic carbocycles. The number of hydrogen-bond donors (Lipinski definition) is 3. The van der Waals surface area contributed by atoms with Crippen molar-refractivity contribution >= 4 is 27.6 Å². The second-order valence-electron chi connectivity index (χ2n) is 6.44. The minimum absolute atomic E-state index is 0.131. The summed E-state index contributed by atoms with van der Waals surface area (Å²) < 4.78 is 32.4. The van der Waals surface area contributed by atoms with Crippen LogP contribution >= 0.6 is 11.6 Å². The predicted octanol–water partition coefficient (Wildman–Crippen LogP) is 2.88. The number of halogens is 1. The molecule has 8 nitrogen and oxygen atoms in total. The van der Waals surface area contributed by atoms with Crippen LogP contribution in [0.15, 0.2) is 44.7 Å². The molecule has 0 saturated heterocycles. The summed E-state index contributed by atoms with van der Waals surface area (Å²) in [5, 5.41) is 10.7. The highest BCUT2D eigenvalue weighted by Gasteiger charge is 2.14. The first-order chi connectivity index (χ1) is 13.9. The average molecular weight is 442 g/mol. The summed E-state index contributed by atoms with van der Waals surface area (Å²) in [6.07, 6.45) is 2.04. The second-order valence-corrected chi connectivity index (χ2v) is 8.64. The zero-order valence-electron chi connectivity index (χ0n) is 16.9. The standard InChI is InChI=1S/C19H28ClN5O3S/c1-4-14(5-2)18-12-16(28-25-18)13-23-19(21-3)22-9-10-24-29(26,27)17-8-6-7-15(20)11-17/h6-8,11-12,14,24H,4-5,9-10,13H2,1-3H3,(H2,21,22,23). The quantitative estimate of drug-likeness (QED) is 0.297. The van der Waals surface area contributed by atoms with E-state index in [4.69, 9.17) is 16.1 Å². The smallest absolute Gasteiger partial charge is 0.240 e. The van der Waals surface area contributed by atoms with Gasteiger partial charge in [0.25, 0.3) is 0 Å². The topological polar surface area (TPSA) is 109 Å². The lowest BCUT2D eigenvalue weighted by Gasteiger charge is -2.11. The van der Waals surface area contributed by atoms with E-state index in [0.29, 0.717) is 30.0 Å². The van der Waals surface area contributed by atoms with Crippen molar-refractivity contribution in [2.45, 2.75) is 44.0 Å². The van der Waals surface area contributed by atoms with Gasteiger partial charge in [0.15, 0.2) is 11.7 Å². The van der Waals surface area contributed by atoms with E-state index in [0.717, 1.165) is 24.3 Å². The summed E-state index contributed by atoms with van der Waals surface area (Å²) in [5.41, 5.74) is 0.963. The van der Waals surface area contributed by atoms with Gasteiger partial charge in [0.1, 0.15) is 0 Å². The largest absolute Gasteiger partial charge is 0.359 e. The molecule has 2 aromatic rings. The molecule has 0 radical (unpaired) electrons. The highest BCUT2D eigenvalue weighted by Crippen LogP contribution is 2.22. The van der Waals surface area contributed by atoms with Crippen LogP contribution in [0.1, 0.15) is 44.1 Å². The minimum Gasteiger partial charge on any atom is -0.359 e. The van der Waals surface area contributed by atoms with Crippen molar-refractivity contribution in [3.63, 3.8) is 0 Å². The van der Waals surface area contributed by atoms with Crippen LogP contribution in [0, 0.1) is 0 Å². The zero-order valence-corrected chi connectivity index (χ0v) is 18.5. The number of guanidine groups is 1. The molecule has 2 rings (SSSR count). The molecule has 3 N–H and O–H groups in total. The summed E-state index contributed by atoms with van der Waals surface area (Å²) in [6, 6.07) is 8.08. The SMILES string of the molecule is CCC(CC)c1cc(CNC(=NC)NCCNS(=O)(=O)c2cccc(Cl)c2)on1. The van der Waals surface area contributed by atoms with Crippen molar-refractivity contribution in [2.75, 3.05) is 20.1 Å². The second kappa shape index (κ2) is 11.2. The van der Waals surface area contributed by atoms with E-state index in [1.807, 2.05) is 6.07 Å². The third-order valence-electron chi connectivity index (χ3n) is 4.45. The minimum atomic E-state index is -3.61. The number of nitrogens with zero attached hydrogens (tertiary/aromatic N) is 2. The lowest BCUT2D eigenvalue weighted by molar-refractivity contribution is 0.368. The lowest BCUT2D eigenvalue weighted by atomic mass is 9.99. The molecular weight excluding hydrogens is 414 g/mol. The van der Waals surface area contributed by atoms with Gasteiger partial charge in [-0.25, -0.2) is 13.1 Å². The Kier molecular flexibility index (Phi) is 8.94. The van der Waals surface area contributed by atoms with Crippen LogP contribution in [0.2, 0.25) is 5.02 Å². The van der Waals surface area contributed by atoms with Gasteiger partial charge in [0, 0.05) is 37.1 Å². The van der Waals surface area contributed by atoms with Gasteiger partial charge in [-0.05, 0) is 31.0 Å². The summed E-state index contributed by atoms with van der Waals surface area (Å²) in [6.45, 7) is 5.24. The number of hydrogen-bond acceptors (Lipinski definition) is 5. The van der Waals surface area contributed by atoms with Crippen LogP contribution in [0.4, 0.5) is 0 Å². The molecule has 0 saturated carbocycles. The molecule has 0 spiro atoms. The van der Waals surface area contributed by atoms with Crippen molar-refractivity contribution in [1.82, 2.24) is 20.5 Å². The van der Waals surface area contributed by atoms with Gasteiger partial charge in [-0.1, -0.05) is 36.7 Å². The highest BCUT2D eigenvalue weighted by molar-refractivity contribution is 7.89. The Morgan fingerprint density at radius 2 is 1.97 bits per heavy atom. The van der Waals surface area contributed by atoms with Crippen LogP contribution in [0.5, 0.6) is 0 Å². The Morgan fingerprint density at radius 1 is 1.21 bits per heavy atom. The van der Waals surface area contributed by atoms with E-state index in [-0.39, 0.29) is 11.4 Å². The van der Waals surface area contributed by atoms with E-state index >= 15 is 0 Å². The van der Waals surface area contributed by atoms with Crippen molar-refractivity contribution in [2.24, 2.45) is 4.99 Å².